The average Bonchev–Trinajstić information content (AvgIpc) is 2.86. The van der Waals surface area contributed by atoms with Crippen molar-refractivity contribution in [2.24, 2.45) is 5.92 Å². The lowest BCUT2D eigenvalue weighted by atomic mass is 9.64. The summed E-state index contributed by atoms with van der Waals surface area (Å²) in [4.78, 5) is 1.97. The van der Waals surface area contributed by atoms with E-state index in [0.29, 0.717) is 10.9 Å². The molecule has 3 fully saturated rings. The normalized spacial score (nSPS) is 48.6. The Hall–Kier alpha value is -1.40. The van der Waals surface area contributed by atoms with Gasteiger partial charge in [0.2, 0.25) is 5.72 Å². The fourth-order valence-corrected chi connectivity index (χ4v) is 6.44. The maximum atomic E-state index is 12.0. The molecule has 4 aliphatic rings. The predicted molar refractivity (Wildman–Crippen MR) is 94.8 cm³/mol. The van der Waals surface area contributed by atoms with Gasteiger partial charge in [-0.3, -0.25) is 4.48 Å². The van der Waals surface area contributed by atoms with Gasteiger partial charge in [-0.15, -0.1) is 0 Å². The van der Waals surface area contributed by atoms with Crippen LogP contribution in [-0.4, -0.2) is 64.0 Å². The van der Waals surface area contributed by atoms with Crippen molar-refractivity contribution in [2.45, 2.75) is 43.2 Å². The highest BCUT2D eigenvalue weighted by atomic mass is 16.4. The van der Waals surface area contributed by atoms with E-state index in [1.165, 1.54) is 5.57 Å². The van der Waals surface area contributed by atoms with Gasteiger partial charge >= 0.3 is 0 Å². The van der Waals surface area contributed by atoms with Crippen molar-refractivity contribution in [2.75, 3.05) is 31.6 Å². The lowest BCUT2D eigenvalue weighted by Gasteiger charge is -2.68. The molecule has 25 heavy (non-hydrogen) atoms. The number of aliphatic hydroxyl groups is 3. The molecule has 6 atom stereocenters. The van der Waals surface area contributed by atoms with Crippen molar-refractivity contribution in [3.05, 3.63) is 41.5 Å². The molecule has 0 saturated carbocycles. The molecule has 2 bridgehead atoms. The first kappa shape index (κ1) is 15.8. The molecule has 5 nitrogen and oxygen atoms in total. The number of hydrogen-bond donors (Lipinski definition) is 3. The largest absolute Gasteiger partial charge is 0.394 e. The molecule has 3 N–H and O–H groups in total. The van der Waals surface area contributed by atoms with Crippen LogP contribution in [0.1, 0.15) is 31.2 Å². The minimum atomic E-state index is -1.35. The second-order valence-corrected chi connectivity index (χ2v) is 8.51. The summed E-state index contributed by atoms with van der Waals surface area (Å²) >= 11 is 0. The van der Waals surface area contributed by atoms with Gasteiger partial charge in [-0.25, -0.2) is 0 Å². The summed E-state index contributed by atoms with van der Waals surface area (Å²) in [6.07, 6.45) is 3.49. The van der Waals surface area contributed by atoms with Crippen LogP contribution in [0.25, 0.3) is 0 Å². The monoisotopic (exact) mass is 343 g/mol. The molecule has 0 aromatic heterocycles. The molecule has 0 amide bonds. The molecule has 1 aromatic rings. The molecule has 3 unspecified atom stereocenters. The second kappa shape index (κ2) is 4.65. The second-order valence-electron chi connectivity index (χ2n) is 8.51. The molecule has 1 aromatic carbocycles. The van der Waals surface area contributed by atoms with Crippen LogP contribution < -0.4 is 4.90 Å². The average molecular weight is 343 g/mol. The third kappa shape index (κ3) is 1.51. The summed E-state index contributed by atoms with van der Waals surface area (Å²) in [5.41, 5.74) is 0.793. The predicted octanol–water partition coefficient (Wildman–Crippen LogP) is 1.16. The van der Waals surface area contributed by atoms with Gasteiger partial charge in [-0.05, 0) is 24.1 Å². The summed E-state index contributed by atoms with van der Waals surface area (Å²) < 4.78 is 0.457. The Labute approximate surface area is 148 Å². The first-order valence-electron chi connectivity index (χ1n) is 9.35. The molecule has 5 rings (SSSR count). The van der Waals surface area contributed by atoms with E-state index < -0.39 is 11.4 Å². The van der Waals surface area contributed by atoms with E-state index in [1.54, 1.807) is 0 Å². The van der Waals surface area contributed by atoms with Crippen molar-refractivity contribution in [1.29, 1.82) is 0 Å². The fourth-order valence-electron chi connectivity index (χ4n) is 6.44. The van der Waals surface area contributed by atoms with E-state index >= 15 is 0 Å². The van der Waals surface area contributed by atoms with Crippen molar-refractivity contribution in [3.63, 3.8) is 0 Å². The third-order valence-electron chi connectivity index (χ3n) is 7.68. The molecule has 134 valence electrons. The first-order valence-corrected chi connectivity index (χ1v) is 9.35. The number of aliphatic hydroxyl groups excluding tert-OH is 1. The number of piperidine rings is 3. The summed E-state index contributed by atoms with van der Waals surface area (Å²) in [5.74, 6) is -0.0431. The fraction of sp³-hybridized carbons (Fsp3) is 0.600. The van der Waals surface area contributed by atoms with Gasteiger partial charge < -0.3 is 20.2 Å². The van der Waals surface area contributed by atoms with Crippen LogP contribution >= 0.6 is 0 Å². The van der Waals surface area contributed by atoms with Crippen LogP contribution in [0.15, 0.2) is 35.9 Å². The number of hydrogen-bond acceptors (Lipinski definition) is 4. The molecule has 0 aliphatic carbocycles. The lowest BCUT2D eigenvalue weighted by Crippen LogP contribution is -2.87. The Morgan fingerprint density at radius 1 is 1.32 bits per heavy atom. The highest BCUT2D eigenvalue weighted by molar-refractivity contribution is 5.66. The van der Waals surface area contributed by atoms with Crippen molar-refractivity contribution in [1.82, 2.24) is 0 Å². The molecule has 0 radical (unpaired) electrons. The van der Waals surface area contributed by atoms with Crippen LogP contribution in [0, 0.1) is 5.92 Å². The van der Waals surface area contributed by atoms with E-state index in [1.807, 2.05) is 30.0 Å². The smallest absolute Gasteiger partial charge is 0.251 e. The zero-order valence-corrected chi connectivity index (χ0v) is 14.9. The van der Waals surface area contributed by atoms with Gasteiger partial charge in [0.1, 0.15) is 6.54 Å². The number of fused-ring (bicyclic) bond motifs is 4. The number of para-hydroxylation sites is 1. The molecule has 0 spiro atoms. The Bertz CT molecular complexity index is 780. The SMILES string of the molecule is C/C=C1\C[N+]2(C)CCC3c4ccccc4N4C(CO)[C@H]1C[C@@]2(O)[C@]34O. The number of anilines is 1. The van der Waals surface area contributed by atoms with Crippen molar-refractivity contribution >= 4 is 5.69 Å². The van der Waals surface area contributed by atoms with Crippen LogP contribution in [-0.2, 0) is 0 Å². The molecule has 3 saturated heterocycles. The molecular weight excluding hydrogens is 316 g/mol. The number of quaternary nitrogens is 1. The van der Waals surface area contributed by atoms with Crippen LogP contribution in [0.5, 0.6) is 0 Å². The van der Waals surface area contributed by atoms with Gasteiger partial charge in [0.15, 0.2) is 0 Å². The maximum Gasteiger partial charge on any atom is 0.251 e. The van der Waals surface area contributed by atoms with E-state index in [9.17, 15) is 15.3 Å². The van der Waals surface area contributed by atoms with Crippen LogP contribution in [0.4, 0.5) is 5.69 Å². The Kier molecular flexibility index (Phi) is 2.95. The Balaban J connectivity index is 1.82. The standard InChI is InChI=1S/C20H27N2O3/c1-3-13-11-22(2)9-8-16-14-6-4-5-7-17(14)21-18(12-23)15(13)10-19(22,24)20(16,21)25/h3-7,15-16,18,23-25H,8-12H2,1-2H3/q+1/b13-3+/t15-,16?,18?,19+,20+,22?/m0/s1. The lowest BCUT2D eigenvalue weighted by molar-refractivity contribution is -1.00. The minimum Gasteiger partial charge on any atom is -0.394 e. The first-order chi connectivity index (χ1) is 11.9. The molecule has 5 heteroatoms. The highest BCUT2D eigenvalue weighted by Crippen LogP contribution is 2.65. The number of rotatable bonds is 1. The van der Waals surface area contributed by atoms with Crippen LogP contribution in [0.3, 0.4) is 0 Å². The summed E-state index contributed by atoms with van der Waals surface area (Å²) in [5, 5.41) is 34.3. The van der Waals surface area contributed by atoms with E-state index in [0.717, 1.165) is 30.8 Å². The third-order valence-corrected chi connectivity index (χ3v) is 7.68. The molecular formula is C20H27N2O3+. The number of benzene rings is 1. The van der Waals surface area contributed by atoms with Crippen molar-refractivity contribution in [3.8, 4) is 0 Å². The number of nitrogens with zero attached hydrogens (tertiary/aromatic N) is 2. The van der Waals surface area contributed by atoms with Gasteiger partial charge in [0, 0.05) is 30.4 Å². The Morgan fingerprint density at radius 2 is 2.08 bits per heavy atom. The zero-order chi connectivity index (χ0) is 17.6. The molecule has 4 heterocycles. The van der Waals surface area contributed by atoms with E-state index in [4.69, 9.17) is 0 Å². The summed E-state index contributed by atoms with van der Waals surface area (Å²) in [6, 6.07) is 7.88. The molecule has 4 aliphatic heterocycles. The van der Waals surface area contributed by atoms with Crippen molar-refractivity contribution < 1.29 is 19.8 Å². The Morgan fingerprint density at radius 3 is 2.80 bits per heavy atom. The number of allylic oxidation sites excluding steroid dienone is 1. The summed E-state index contributed by atoms with van der Waals surface area (Å²) in [7, 11) is 2.08. The van der Waals surface area contributed by atoms with E-state index in [2.05, 4.69) is 19.2 Å². The maximum absolute atomic E-state index is 12.0. The quantitative estimate of drug-likeness (QED) is 0.529. The van der Waals surface area contributed by atoms with Gasteiger partial charge in [-0.2, -0.15) is 0 Å². The minimum absolute atomic E-state index is 0.0227. The summed E-state index contributed by atoms with van der Waals surface area (Å²) in [6.45, 7) is 3.61. The van der Waals surface area contributed by atoms with Gasteiger partial charge in [-0.1, -0.05) is 24.3 Å². The van der Waals surface area contributed by atoms with Gasteiger partial charge in [0.25, 0.3) is 5.72 Å². The number of likely N-dealkylation sites (N-methyl/N-ethyl adjacent to an activating group) is 1. The zero-order valence-electron chi connectivity index (χ0n) is 14.9. The topological polar surface area (TPSA) is 63.9 Å². The van der Waals surface area contributed by atoms with E-state index in [-0.39, 0.29) is 24.5 Å². The van der Waals surface area contributed by atoms with Gasteiger partial charge in [0.05, 0.1) is 26.2 Å². The van der Waals surface area contributed by atoms with Crippen LogP contribution in [0.2, 0.25) is 0 Å². The highest BCUT2D eigenvalue weighted by Gasteiger charge is 2.78.